The maximum absolute atomic E-state index is 12.5. The number of rotatable bonds is 10. The summed E-state index contributed by atoms with van der Waals surface area (Å²) in [5.41, 5.74) is 3.40. The first kappa shape index (κ1) is 30.1. The number of carbonyl (C=O) groups is 2. The van der Waals surface area contributed by atoms with Crippen LogP contribution in [-0.2, 0) is 25.5 Å². The molecule has 4 aromatic rings. The summed E-state index contributed by atoms with van der Waals surface area (Å²) >= 11 is 5.96. The number of carboxylic acid groups (broad SMARTS) is 2. The van der Waals surface area contributed by atoms with E-state index in [-0.39, 0.29) is 27.8 Å². The van der Waals surface area contributed by atoms with Crippen molar-refractivity contribution in [3.05, 3.63) is 83.9 Å². The van der Waals surface area contributed by atoms with Crippen LogP contribution in [0.15, 0.2) is 73.1 Å². The summed E-state index contributed by atoms with van der Waals surface area (Å²) in [7, 11) is 0. The zero-order valence-electron chi connectivity index (χ0n) is 22.8. The molecular formula is C29H28ClN5O8. The van der Waals surface area contributed by atoms with Crippen molar-refractivity contribution in [2.75, 3.05) is 12.3 Å². The molecule has 0 bridgehead atoms. The number of anilines is 1. The Kier molecular flexibility index (Phi) is 7.94. The Bertz CT molecular complexity index is 1680. The molecule has 0 saturated carbocycles. The predicted molar refractivity (Wildman–Crippen MR) is 154 cm³/mol. The zero-order valence-corrected chi connectivity index (χ0v) is 23.5. The maximum atomic E-state index is 12.5. The molecule has 6 N–H and O–H groups in total. The Morgan fingerprint density at radius 3 is 2.35 bits per heavy atom. The summed E-state index contributed by atoms with van der Waals surface area (Å²) in [6.45, 7) is 4.45. The number of nitrogen functional groups attached to an aromatic ring is 1. The van der Waals surface area contributed by atoms with Gasteiger partial charge in [0.25, 0.3) is 5.60 Å². The zero-order chi connectivity index (χ0) is 31.1. The number of imidazole rings is 1. The average Bonchev–Trinajstić information content (AvgIpc) is 3.50. The van der Waals surface area contributed by atoms with E-state index in [9.17, 15) is 30.0 Å². The van der Waals surface area contributed by atoms with Gasteiger partial charge in [-0.05, 0) is 40.8 Å². The molecule has 0 radical (unpaired) electrons. The number of aliphatic hydroxyl groups excluding tert-OH is 1. The maximum Gasteiger partial charge on any atom is 0.348 e. The van der Waals surface area contributed by atoms with Gasteiger partial charge in [0.1, 0.15) is 23.3 Å². The lowest BCUT2D eigenvalue weighted by Crippen LogP contribution is -2.55. The molecule has 3 heterocycles. The summed E-state index contributed by atoms with van der Waals surface area (Å²) in [5.74, 6) is -3.55. The monoisotopic (exact) mass is 609 g/mol. The van der Waals surface area contributed by atoms with Crippen LogP contribution in [0.25, 0.3) is 22.3 Å². The van der Waals surface area contributed by atoms with Gasteiger partial charge in [-0.3, -0.25) is 4.57 Å². The third-order valence-electron chi connectivity index (χ3n) is 7.58. The van der Waals surface area contributed by atoms with E-state index in [1.165, 1.54) is 17.8 Å². The van der Waals surface area contributed by atoms with Crippen molar-refractivity contribution in [1.29, 1.82) is 0 Å². The Morgan fingerprint density at radius 2 is 1.74 bits per heavy atom. The van der Waals surface area contributed by atoms with Crippen molar-refractivity contribution < 1.29 is 39.5 Å². The Hall–Kier alpha value is -4.40. The van der Waals surface area contributed by atoms with Gasteiger partial charge in [0.05, 0.1) is 12.9 Å². The minimum Gasteiger partial charge on any atom is -0.479 e. The number of nitrogens with two attached hydrogens (primary N) is 1. The van der Waals surface area contributed by atoms with Crippen LogP contribution in [0.5, 0.6) is 0 Å². The summed E-state index contributed by atoms with van der Waals surface area (Å²) in [4.78, 5) is 37.0. The second-order valence-electron chi connectivity index (χ2n) is 10.3. The molecule has 0 aliphatic carbocycles. The number of aliphatic hydroxyl groups is 2. The highest BCUT2D eigenvalue weighted by molar-refractivity contribution is 6.28. The number of aliphatic carboxylic acids is 2. The number of fused-ring (bicyclic) bond motifs is 1. The molecule has 14 heteroatoms. The highest BCUT2D eigenvalue weighted by atomic mass is 35.5. The molecule has 0 amide bonds. The summed E-state index contributed by atoms with van der Waals surface area (Å²) < 4.78 is 12.8. The van der Waals surface area contributed by atoms with E-state index in [1.807, 2.05) is 30.3 Å². The molecule has 1 saturated heterocycles. The van der Waals surface area contributed by atoms with Crippen LogP contribution in [0.4, 0.5) is 5.82 Å². The van der Waals surface area contributed by atoms with E-state index >= 15 is 0 Å². The number of nitrogens with zero attached hydrogens (tertiary/aromatic N) is 4. The molecule has 224 valence electrons. The van der Waals surface area contributed by atoms with Crippen molar-refractivity contribution in [2.24, 2.45) is 0 Å². The fraction of sp³-hybridized carbons (Fsp3) is 0.276. The molecule has 0 unspecified atom stereocenters. The first-order valence-corrected chi connectivity index (χ1v) is 13.4. The van der Waals surface area contributed by atoms with Gasteiger partial charge < -0.3 is 35.6 Å². The lowest BCUT2D eigenvalue weighted by Gasteiger charge is -2.33. The lowest BCUT2D eigenvalue weighted by molar-refractivity contribution is -0.191. The SMILES string of the molecule is C=C(C)[C@@]1(O)[C@@H](COC(Cc2ccc(-c3ccccc3)cc2)(C(=O)O)C(=O)O)O[C@@H](n2cnc3c(N)nc(Cl)nc32)[C@@H]1O. The van der Waals surface area contributed by atoms with Crippen LogP contribution in [0, 0.1) is 0 Å². The summed E-state index contributed by atoms with van der Waals surface area (Å²) in [6.07, 6.45) is -3.80. The number of carboxylic acids is 2. The largest absolute Gasteiger partial charge is 0.479 e. The number of halogens is 1. The molecule has 2 aromatic heterocycles. The summed E-state index contributed by atoms with van der Waals surface area (Å²) in [6, 6.07) is 16.2. The van der Waals surface area contributed by atoms with Gasteiger partial charge in [0.15, 0.2) is 17.7 Å². The fourth-order valence-electron chi connectivity index (χ4n) is 5.13. The molecule has 43 heavy (non-hydrogen) atoms. The highest BCUT2D eigenvalue weighted by Crippen LogP contribution is 2.43. The number of ether oxygens (including phenoxy) is 2. The van der Waals surface area contributed by atoms with E-state index in [0.717, 1.165) is 11.1 Å². The minimum atomic E-state index is -2.76. The Labute approximate surface area is 249 Å². The van der Waals surface area contributed by atoms with Crippen molar-refractivity contribution in [2.45, 2.75) is 43.0 Å². The van der Waals surface area contributed by atoms with E-state index in [2.05, 4.69) is 21.5 Å². The van der Waals surface area contributed by atoms with Crippen LogP contribution in [0.3, 0.4) is 0 Å². The molecule has 0 spiro atoms. The van der Waals surface area contributed by atoms with Crippen LogP contribution in [-0.4, -0.2) is 81.9 Å². The number of benzene rings is 2. The smallest absolute Gasteiger partial charge is 0.348 e. The van der Waals surface area contributed by atoms with E-state index in [4.69, 9.17) is 26.8 Å². The fourth-order valence-corrected chi connectivity index (χ4v) is 5.30. The van der Waals surface area contributed by atoms with Crippen LogP contribution in [0.1, 0.15) is 18.7 Å². The topological polar surface area (TPSA) is 203 Å². The van der Waals surface area contributed by atoms with Gasteiger partial charge in [-0.1, -0.05) is 61.2 Å². The second kappa shape index (κ2) is 11.4. The molecular weight excluding hydrogens is 582 g/mol. The highest BCUT2D eigenvalue weighted by Gasteiger charge is 2.58. The van der Waals surface area contributed by atoms with Crippen molar-refractivity contribution >= 4 is 40.5 Å². The van der Waals surface area contributed by atoms with Crippen LogP contribution in [0.2, 0.25) is 5.28 Å². The number of aromatic nitrogens is 4. The minimum absolute atomic E-state index is 0.0271. The molecule has 13 nitrogen and oxygen atoms in total. The molecule has 1 aliphatic heterocycles. The molecule has 4 atom stereocenters. The molecule has 2 aromatic carbocycles. The second-order valence-corrected chi connectivity index (χ2v) is 10.6. The van der Waals surface area contributed by atoms with E-state index in [0.29, 0.717) is 5.56 Å². The first-order chi connectivity index (χ1) is 20.4. The predicted octanol–water partition coefficient (Wildman–Crippen LogP) is 2.46. The van der Waals surface area contributed by atoms with Gasteiger partial charge >= 0.3 is 11.9 Å². The molecule has 1 fully saturated rings. The Morgan fingerprint density at radius 1 is 1.12 bits per heavy atom. The van der Waals surface area contributed by atoms with Gasteiger partial charge in [0.2, 0.25) is 5.28 Å². The van der Waals surface area contributed by atoms with Crippen LogP contribution >= 0.6 is 11.6 Å². The normalized spacial score (nSPS) is 22.1. The molecule has 1 aliphatic rings. The Balaban J connectivity index is 1.43. The third-order valence-corrected chi connectivity index (χ3v) is 7.75. The number of hydrogen-bond acceptors (Lipinski definition) is 10. The quantitative estimate of drug-likeness (QED) is 0.0999. The third kappa shape index (κ3) is 5.21. The van der Waals surface area contributed by atoms with Crippen LogP contribution < -0.4 is 5.73 Å². The van der Waals surface area contributed by atoms with Gasteiger partial charge in [-0.2, -0.15) is 9.97 Å². The van der Waals surface area contributed by atoms with Crippen molar-refractivity contribution in [1.82, 2.24) is 19.5 Å². The average molecular weight is 610 g/mol. The van der Waals surface area contributed by atoms with E-state index < -0.39 is 54.6 Å². The van der Waals surface area contributed by atoms with Crippen molar-refractivity contribution in [3.63, 3.8) is 0 Å². The van der Waals surface area contributed by atoms with Gasteiger partial charge in [-0.15, -0.1) is 0 Å². The summed E-state index contributed by atoms with van der Waals surface area (Å²) in [5, 5.41) is 42.8. The van der Waals surface area contributed by atoms with Gasteiger partial charge in [-0.25, -0.2) is 14.6 Å². The standard InChI is InChI=1S/C29H28ClN5O8/c1-15(2)29(41)19(43-24(21(29)36)35-14-32-20-22(31)33-27(30)34-23(20)35)13-42-28(25(37)38,26(39)40)12-16-8-10-18(11-9-16)17-6-4-3-5-7-17/h3-11,14,19,21,24,36,41H,1,12-13H2,2H3,(H,37,38)(H,39,40)(H2,31,33,34)/t19-,21+,24-,29-/m1/s1. The lowest BCUT2D eigenvalue weighted by atomic mass is 9.85. The van der Waals surface area contributed by atoms with Gasteiger partial charge in [0, 0.05) is 6.42 Å². The van der Waals surface area contributed by atoms with Crippen molar-refractivity contribution in [3.8, 4) is 11.1 Å². The molecule has 5 rings (SSSR count). The first-order valence-electron chi connectivity index (χ1n) is 13.0. The van der Waals surface area contributed by atoms with E-state index in [1.54, 1.807) is 24.3 Å². The number of hydrogen-bond donors (Lipinski definition) is 5.